The van der Waals surface area contributed by atoms with E-state index in [4.69, 9.17) is 4.74 Å². The molecule has 0 saturated heterocycles. The van der Waals surface area contributed by atoms with Crippen molar-refractivity contribution in [2.75, 3.05) is 19.8 Å². The standard InChI is InChI=1S/C15H27NO/c1-13(2)12-17-11-10-16-14-6-9-15(14)7-4-3-5-8-15/h14,16H,1,3-12H2,2H3. The van der Waals surface area contributed by atoms with Gasteiger partial charge in [0, 0.05) is 12.6 Å². The van der Waals surface area contributed by atoms with E-state index in [0.29, 0.717) is 12.0 Å². The molecule has 0 aliphatic heterocycles. The first-order valence-corrected chi connectivity index (χ1v) is 7.18. The van der Waals surface area contributed by atoms with Crippen LogP contribution in [0.4, 0.5) is 0 Å². The predicted molar refractivity (Wildman–Crippen MR) is 72.2 cm³/mol. The van der Waals surface area contributed by atoms with E-state index in [0.717, 1.165) is 24.8 Å². The van der Waals surface area contributed by atoms with Gasteiger partial charge in [0.1, 0.15) is 0 Å². The Labute approximate surface area is 106 Å². The van der Waals surface area contributed by atoms with Crippen LogP contribution in [0.2, 0.25) is 0 Å². The lowest BCUT2D eigenvalue weighted by Crippen LogP contribution is -2.54. The van der Waals surface area contributed by atoms with Gasteiger partial charge in [-0.05, 0) is 38.0 Å². The van der Waals surface area contributed by atoms with Crippen molar-refractivity contribution in [3.63, 3.8) is 0 Å². The highest BCUT2D eigenvalue weighted by Crippen LogP contribution is 2.51. The van der Waals surface area contributed by atoms with Crippen molar-refractivity contribution in [3.8, 4) is 0 Å². The molecule has 0 aromatic heterocycles. The van der Waals surface area contributed by atoms with Gasteiger partial charge in [0.05, 0.1) is 13.2 Å². The van der Waals surface area contributed by atoms with Crippen molar-refractivity contribution >= 4 is 0 Å². The van der Waals surface area contributed by atoms with E-state index in [1.807, 2.05) is 6.92 Å². The molecule has 0 bridgehead atoms. The minimum Gasteiger partial charge on any atom is -0.376 e. The molecule has 2 fully saturated rings. The van der Waals surface area contributed by atoms with Crippen molar-refractivity contribution in [3.05, 3.63) is 12.2 Å². The molecule has 0 aromatic rings. The molecule has 1 spiro atoms. The summed E-state index contributed by atoms with van der Waals surface area (Å²) in [6.45, 7) is 8.37. The number of rotatable bonds is 6. The van der Waals surface area contributed by atoms with Crippen LogP contribution in [0, 0.1) is 5.41 Å². The molecule has 2 saturated carbocycles. The van der Waals surface area contributed by atoms with Crippen molar-refractivity contribution in [1.29, 1.82) is 0 Å². The van der Waals surface area contributed by atoms with Gasteiger partial charge in [-0.2, -0.15) is 0 Å². The number of ether oxygens (including phenoxy) is 1. The van der Waals surface area contributed by atoms with E-state index in [1.54, 1.807) is 0 Å². The average Bonchev–Trinajstić information content (AvgIpc) is 2.33. The maximum absolute atomic E-state index is 5.53. The second-order valence-electron chi connectivity index (χ2n) is 5.98. The van der Waals surface area contributed by atoms with E-state index < -0.39 is 0 Å². The van der Waals surface area contributed by atoms with Crippen LogP contribution in [-0.4, -0.2) is 25.8 Å². The lowest BCUT2D eigenvalue weighted by Gasteiger charge is -2.52. The zero-order valence-electron chi connectivity index (χ0n) is 11.3. The third-order valence-corrected chi connectivity index (χ3v) is 4.51. The van der Waals surface area contributed by atoms with Crippen molar-refractivity contribution in [2.24, 2.45) is 5.41 Å². The molecule has 2 aliphatic rings. The zero-order chi connectivity index (χ0) is 12.1. The summed E-state index contributed by atoms with van der Waals surface area (Å²) in [6.07, 6.45) is 10.1. The van der Waals surface area contributed by atoms with Gasteiger partial charge in [0.2, 0.25) is 0 Å². The Hall–Kier alpha value is -0.340. The zero-order valence-corrected chi connectivity index (χ0v) is 11.3. The molecule has 98 valence electrons. The Morgan fingerprint density at radius 3 is 2.65 bits per heavy atom. The summed E-state index contributed by atoms with van der Waals surface area (Å²) in [7, 11) is 0. The van der Waals surface area contributed by atoms with E-state index in [9.17, 15) is 0 Å². The molecule has 1 N–H and O–H groups in total. The van der Waals surface area contributed by atoms with Crippen molar-refractivity contribution < 1.29 is 4.74 Å². The maximum Gasteiger partial charge on any atom is 0.0672 e. The maximum atomic E-state index is 5.53. The summed E-state index contributed by atoms with van der Waals surface area (Å²) in [5.41, 5.74) is 1.78. The van der Waals surface area contributed by atoms with Gasteiger partial charge in [-0.1, -0.05) is 31.4 Å². The van der Waals surface area contributed by atoms with Crippen LogP contribution in [0.5, 0.6) is 0 Å². The fraction of sp³-hybridized carbons (Fsp3) is 0.867. The quantitative estimate of drug-likeness (QED) is 0.565. The van der Waals surface area contributed by atoms with E-state index >= 15 is 0 Å². The smallest absolute Gasteiger partial charge is 0.0672 e. The minimum absolute atomic E-state index is 0.673. The first-order valence-electron chi connectivity index (χ1n) is 7.18. The molecule has 0 radical (unpaired) electrons. The highest BCUT2D eigenvalue weighted by atomic mass is 16.5. The van der Waals surface area contributed by atoms with E-state index in [-0.39, 0.29) is 0 Å². The highest BCUT2D eigenvalue weighted by Gasteiger charge is 2.46. The minimum atomic E-state index is 0.673. The second-order valence-corrected chi connectivity index (χ2v) is 5.98. The van der Waals surface area contributed by atoms with Gasteiger partial charge in [-0.25, -0.2) is 0 Å². The van der Waals surface area contributed by atoms with Gasteiger partial charge in [0.15, 0.2) is 0 Å². The molecule has 2 nitrogen and oxygen atoms in total. The van der Waals surface area contributed by atoms with Crippen LogP contribution in [0.3, 0.4) is 0 Å². The summed E-state index contributed by atoms with van der Waals surface area (Å²) < 4.78 is 5.53. The molecule has 2 aliphatic carbocycles. The van der Waals surface area contributed by atoms with Gasteiger partial charge in [0.25, 0.3) is 0 Å². The van der Waals surface area contributed by atoms with Crippen molar-refractivity contribution in [1.82, 2.24) is 5.32 Å². The van der Waals surface area contributed by atoms with E-state index in [2.05, 4.69) is 11.9 Å². The molecule has 17 heavy (non-hydrogen) atoms. The molecule has 1 unspecified atom stereocenters. The van der Waals surface area contributed by atoms with Crippen LogP contribution in [0.1, 0.15) is 51.9 Å². The number of nitrogens with one attached hydrogen (secondary N) is 1. The Morgan fingerprint density at radius 2 is 2.06 bits per heavy atom. The fourth-order valence-corrected chi connectivity index (χ4v) is 3.42. The highest BCUT2D eigenvalue weighted by molar-refractivity contribution is 5.01. The van der Waals surface area contributed by atoms with Crippen LogP contribution in [-0.2, 0) is 4.74 Å². The normalized spacial score (nSPS) is 26.8. The Bertz CT molecular complexity index is 256. The SMILES string of the molecule is C=C(C)COCCNC1CCC12CCCCC2. The lowest BCUT2D eigenvalue weighted by atomic mass is 9.57. The van der Waals surface area contributed by atoms with Gasteiger partial charge < -0.3 is 10.1 Å². The number of hydrogen-bond acceptors (Lipinski definition) is 2. The van der Waals surface area contributed by atoms with Gasteiger partial charge >= 0.3 is 0 Å². The third-order valence-electron chi connectivity index (χ3n) is 4.51. The summed E-state index contributed by atoms with van der Waals surface area (Å²) >= 11 is 0. The third kappa shape index (κ3) is 3.32. The van der Waals surface area contributed by atoms with Gasteiger partial charge in [-0.15, -0.1) is 0 Å². The summed E-state index contributed by atoms with van der Waals surface area (Å²) in [5.74, 6) is 0. The van der Waals surface area contributed by atoms with Crippen LogP contribution in [0.25, 0.3) is 0 Å². The Kier molecular flexibility index (Phi) is 4.63. The van der Waals surface area contributed by atoms with Gasteiger partial charge in [-0.3, -0.25) is 0 Å². The first kappa shape index (κ1) is 13.1. The van der Waals surface area contributed by atoms with Crippen LogP contribution < -0.4 is 5.32 Å². The molecule has 0 aromatic carbocycles. The predicted octanol–water partition coefficient (Wildman–Crippen LogP) is 3.28. The molecular weight excluding hydrogens is 210 g/mol. The fourth-order valence-electron chi connectivity index (χ4n) is 3.42. The molecule has 0 amide bonds. The second kappa shape index (κ2) is 6.01. The summed E-state index contributed by atoms with van der Waals surface area (Å²) in [6, 6.07) is 0.774. The van der Waals surface area contributed by atoms with Crippen LogP contribution >= 0.6 is 0 Å². The Balaban J connectivity index is 1.61. The molecular formula is C15H27NO. The molecule has 0 heterocycles. The largest absolute Gasteiger partial charge is 0.376 e. The lowest BCUT2D eigenvalue weighted by molar-refractivity contribution is 0.0186. The monoisotopic (exact) mass is 237 g/mol. The summed E-state index contributed by atoms with van der Waals surface area (Å²) in [4.78, 5) is 0. The van der Waals surface area contributed by atoms with Crippen LogP contribution in [0.15, 0.2) is 12.2 Å². The molecule has 2 heteroatoms. The summed E-state index contributed by atoms with van der Waals surface area (Å²) in [5, 5.41) is 3.70. The molecule has 2 rings (SSSR count). The van der Waals surface area contributed by atoms with E-state index in [1.165, 1.54) is 44.9 Å². The number of hydrogen-bond donors (Lipinski definition) is 1. The van der Waals surface area contributed by atoms with Crippen molar-refractivity contribution in [2.45, 2.75) is 57.9 Å². The topological polar surface area (TPSA) is 21.3 Å². The Morgan fingerprint density at radius 1 is 1.29 bits per heavy atom. The average molecular weight is 237 g/mol. The molecule has 1 atom stereocenters. The first-order chi connectivity index (χ1) is 8.23.